The van der Waals surface area contributed by atoms with E-state index >= 15 is 0 Å². The first-order valence-corrected chi connectivity index (χ1v) is 9.80. The minimum absolute atomic E-state index is 0.0659. The van der Waals surface area contributed by atoms with Gasteiger partial charge in [0.15, 0.2) is 0 Å². The van der Waals surface area contributed by atoms with Crippen LogP contribution in [0.5, 0.6) is 0 Å². The van der Waals surface area contributed by atoms with Crippen molar-refractivity contribution in [2.45, 2.75) is 20.0 Å². The molecule has 28 heavy (non-hydrogen) atoms. The van der Waals surface area contributed by atoms with Gasteiger partial charge in [0, 0.05) is 52.4 Å². The molecule has 4 rings (SSSR count). The molecule has 0 radical (unpaired) electrons. The molecule has 1 N–H and O–H groups in total. The zero-order chi connectivity index (χ0) is 19.5. The van der Waals surface area contributed by atoms with Crippen LogP contribution in [-0.2, 0) is 24.9 Å². The second kappa shape index (κ2) is 8.12. The Morgan fingerprint density at radius 3 is 2.36 bits per heavy atom. The summed E-state index contributed by atoms with van der Waals surface area (Å²) >= 11 is 0. The maximum Gasteiger partial charge on any atom is 0.221 e. The van der Waals surface area contributed by atoms with Gasteiger partial charge >= 0.3 is 0 Å². The molecule has 1 aromatic heterocycles. The molecule has 146 valence electrons. The summed E-state index contributed by atoms with van der Waals surface area (Å²) in [4.78, 5) is 21.1. The van der Waals surface area contributed by atoms with Gasteiger partial charge in [0.2, 0.25) is 5.91 Å². The number of carbonyl (C=O) groups excluding carboxylic acids is 1. The molecule has 0 aliphatic carbocycles. The van der Waals surface area contributed by atoms with Crippen LogP contribution >= 0.6 is 0 Å². The van der Waals surface area contributed by atoms with Crippen molar-refractivity contribution in [3.8, 4) is 0 Å². The number of imidazole rings is 1. The number of hydrogen-bond acceptors (Lipinski definition) is 4. The van der Waals surface area contributed by atoms with Crippen molar-refractivity contribution in [2.75, 3.05) is 31.5 Å². The minimum atomic E-state index is -0.0659. The van der Waals surface area contributed by atoms with Crippen molar-refractivity contribution in [2.24, 2.45) is 7.05 Å². The van der Waals surface area contributed by atoms with E-state index in [4.69, 9.17) is 4.98 Å². The van der Waals surface area contributed by atoms with Gasteiger partial charge in [0.25, 0.3) is 0 Å². The quantitative estimate of drug-likeness (QED) is 0.743. The van der Waals surface area contributed by atoms with Crippen molar-refractivity contribution in [1.82, 2.24) is 19.4 Å². The Morgan fingerprint density at radius 1 is 1.00 bits per heavy atom. The van der Waals surface area contributed by atoms with Gasteiger partial charge in [0.05, 0.1) is 17.6 Å². The first kappa shape index (κ1) is 18.7. The Hall–Kier alpha value is -2.70. The molecule has 0 unspecified atom stereocenters. The molecule has 1 fully saturated rings. The Balaban J connectivity index is 1.38. The lowest BCUT2D eigenvalue weighted by Crippen LogP contribution is -2.45. The Bertz CT molecular complexity index is 958. The van der Waals surface area contributed by atoms with Crippen LogP contribution in [-0.4, -0.2) is 51.4 Å². The molecule has 0 spiro atoms. The van der Waals surface area contributed by atoms with E-state index in [1.54, 1.807) is 0 Å². The standard InChI is InChI=1S/C22H27N5O/c1-17(28)23-19-8-9-21-20(14-19)24-22(25(21)2)16-27-12-10-26(11-13-27)15-18-6-4-3-5-7-18/h3-9,14H,10-13,15-16H2,1-2H3,(H,23,28). The van der Waals surface area contributed by atoms with Crippen LogP contribution in [0.2, 0.25) is 0 Å². The fraction of sp³-hybridized carbons (Fsp3) is 0.364. The molecule has 1 aliphatic heterocycles. The van der Waals surface area contributed by atoms with E-state index in [2.05, 4.69) is 57.1 Å². The first-order valence-electron chi connectivity index (χ1n) is 9.80. The Morgan fingerprint density at radius 2 is 1.68 bits per heavy atom. The van der Waals surface area contributed by atoms with Crippen LogP contribution in [0.15, 0.2) is 48.5 Å². The number of aryl methyl sites for hydroxylation is 1. The van der Waals surface area contributed by atoms with E-state index in [1.165, 1.54) is 12.5 Å². The number of nitrogens with one attached hydrogen (secondary N) is 1. The number of anilines is 1. The van der Waals surface area contributed by atoms with Crippen LogP contribution in [0.3, 0.4) is 0 Å². The number of hydrogen-bond donors (Lipinski definition) is 1. The number of carbonyl (C=O) groups is 1. The molecule has 2 heterocycles. The van der Waals surface area contributed by atoms with E-state index in [1.807, 2.05) is 18.2 Å². The van der Waals surface area contributed by atoms with E-state index in [9.17, 15) is 4.79 Å². The molecule has 1 saturated heterocycles. The van der Waals surface area contributed by atoms with Crippen molar-refractivity contribution in [3.63, 3.8) is 0 Å². The minimum Gasteiger partial charge on any atom is -0.330 e. The number of rotatable bonds is 5. The fourth-order valence-electron chi connectivity index (χ4n) is 3.82. The van der Waals surface area contributed by atoms with Crippen LogP contribution in [0.4, 0.5) is 5.69 Å². The molecule has 2 aromatic carbocycles. The van der Waals surface area contributed by atoms with E-state index in [-0.39, 0.29) is 5.91 Å². The third-order valence-electron chi connectivity index (χ3n) is 5.37. The molecular weight excluding hydrogens is 350 g/mol. The van der Waals surface area contributed by atoms with Crippen molar-refractivity contribution >= 4 is 22.6 Å². The zero-order valence-corrected chi connectivity index (χ0v) is 16.6. The number of benzene rings is 2. The third-order valence-corrected chi connectivity index (χ3v) is 5.37. The lowest BCUT2D eigenvalue weighted by atomic mass is 10.2. The molecule has 1 aliphatic rings. The normalized spacial score (nSPS) is 15.8. The van der Waals surface area contributed by atoms with Gasteiger partial charge in [-0.15, -0.1) is 0 Å². The maximum atomic E-state index is 11.3. The summed E-state index contributed by atoms with van der Waals surface area (Å²) < 4.78 is 2.16. The Kier molecular flexibility index (Phi) is 5.41. The molecule has 0 bridgehead atoms. The molecule has 6 nitrogen and oxygen atoms in total. The van der Waals surface area contributed by atoms with Crippen molar-refractivity contribution in [1.29, 1.82) is 0 Å². The van der Waals surface area contributed by atoms with Crippen molar-refractivity contribution in [3.05, 3.63) is 59.9 Å². The monoisotopic (exact) mass is 377 g/mol. The predicted molar refractivity (Wildman–Crippen MR) is 112 cm³/mol. The zero-order valence-electron chi connectivity index (χ0n) is 16.6. The summed E-state index contributed by atoms with van der Waals surface area (Å²) in [5.74, 6) is 0.996. The molecule has 3 aromatic rings. The number of fused-ring (bicyclic) bond motifs is 1. The molecule has 1 amide bonds. The maximum absolute atomic E-state index is 11.3. The largest absolute Gasteiger partial charge is 0.330 e. The fourth-order valence-corrected chi connectivity index (χ4v) is 3.82. The second-order valence-corrected chi connectivity index (χ2v) is 7.51. The highest BCUT2D eigenvalue weighted by Gasteiger charge is 2.19. The van der Waals surface area contributed by atoms with Gasteiger partial charge in [-0.1, -0.05) is 30.3 Å². The summed E-state index contributed by atoms with van der Waals surface area (Å²) in [6, 6.07) is 16.6. The smallest absolute Gasteiger partial charge is 0.221 e. The summed E-state index contributed by atoms with van der Waals surface area (Å²) in [7, 11) is 2.06. The number of piperazine rings is 1. The van der Waals surface area contributed by atoms with E-state index < -0.39 is 0 Å². The predicted octanol–water partition coefficient (Wildman–Crippen LogP) is 2.85. The van der Waals surface area contributed by atoms with Gasteiger partial charge < -0.3 is 9.88 Å². The average molecular weight is 377 g/mol. The summed E-state index contributed by atoms with van der Waals surface area (Å²) in [5, 5.41) is 2.83. The number of amides is 1. The van der Waals surface area contributed by atoms with Gasteiger partial charge in [-0.3, -0.25) is 14.6 Å². The second-order valence-electron chi connectivity index (χ2n) is 7.51. The highest BCUT2D eigenvalue weighted by Crippen LogP contribution is 2.21. The lowest BCUT2D eigenvalue weighted by molar-refractivity contribution is -0.114. The van der Waals surface area contributed by atoms with Gasteiger partial charge in [-0.2, -0.15) is 0 Å². The molecule has 0 atom stereocenters. The number of nitrogens with zero attached hydrogens (tertiary/aromatic N) is 4. The SMILES string of the molecule is CC(=O)Nc1ccc2c(c1)nc(CN1CCN(Cc3ccccc3)CC1)n2C. The van der Waals surface area contributed by atoms with Crippen LogP contribution in [0, 0.1) is 0 Å². The van der Waals surface area contributed by atoms with Crippen LogP contribution in [0.1, 0.15) is 18.3 Å². The van der Waals surface area contributed by atoms with Crippen LogP contribution < -0.4 is 5.32 Å². The van der Waals surface area contributed by atoms with Gasteiger partial charge in [0.1, 0.15) is 5.82 Å². The van der Waals surface area contributed by atoms with Gasteiger partial charge in [-0.05, 0) is 23.8 Å². The summed E-state index contributed by atoms with van der Waals surface area (Å²) in [6.07, 6.45) is 0. The lowest BCUT2D eigenvalue weighted by Gasteiger charge is -2.34. The van der Waals surface area contributed by atoms with E-state index in [0.29, 0.717) is 0 Å². The Labute approximate surface area is 165 Å². The van der Waals surface area contributed by atoms with Crippen LogP contribution in [0.25, 0.3) is 11.0 Å². The first-order chi connectivity index (χ1) is 13.6. The molecule has 0 saturated carbocycles. The highest BCUT2D eigenvalue weighted by molar-refractivity contribution is 5.91. The summed E-state index contributed by atoms with van der Waals surface area (Å²) in [6.45, 7) is 7.63. The number of aromatic nitrogens is 2. The average Bonchev–Trinajstić information content (AvgIpc) is 2.99. The van der Waals surface area contributed by atoms with E-state index in [0.717, 1.165) is 61.8 Å². The third kappa shape index (κ3) is 4.24. The van der Waals surface area contributed by atoms with Crippen molar-refractivity contribution < 1.29 is 4.79 Å². The van der Waals surface area contributed by atoms with Gasteiger partial charge in [-0.25, -0.2) is 4.98 Å². The highest BCUT2D eigenvalue weighted by atomic mass is 16.1. The summed E-state index contributed by atoms with van der Waals surface area (Å²) in [5.41, 5.74) is 4.18. The molecular formula is C22H27N5O. The topological polar surface area (TPSA) is 53.4 Å². The molecule has 6 heteroatoms.